The third kappa shape index (κ3) is 5.53. The number of carbonyl (C=O) groups excluding carboxylic acids is 1. The van der Waals surface area contributed by atoms with Gasteiger partial charge in [0, 0.05) is 0 Å². The van der Waals surface area contributed by atoms with E-state index < -0.39 is 0 Å². The van der Waals surface area contributed by atoms with Gasteiger partial charge in [0.15, 0.2) is 0 Å². The second-order valence-corrected chi connectivity index (χ2v) is 4.47. The summed E-state index contributed by atoms with van der Waals surface area (Å²) in [5.41, 5.74) is 1.19. The molecule has 0 aromatic heterocycles. The third-order valence-electron chi connectivity index (χ3n) is 2.78. The normalized spacial score (nSPS) is 12.1. The van der Waals surface area contributed by atoms with E-state index in [0.717, 1.165) is 25.7 Å². The minimum absolute atomic E-state index is 0.0565. The molecule has 1 aromatic carbocycles. The topological polar surface area (TPSA) is 26.3 Å². The molecule has 0 saturated carbocycles. The van der Waals surface area contributed by atoms with Crippen LogP contribution >= 0.6 is 0 Å². The lowest BCUT2D eigenvalue weighted by Gasteiger charge is -2.11. The smallest absolute Gasteiger partial charge is 0.308 e. The quantitative estimate of drug-likeness (QED) is 0.532. The van der Waals surface area contributed by atoms with E-state index in [1.807, 2.05) is 37.3 Å². The van der Waals surface area contributed by atoms with Crippen LogP contribution in [0.1, 0.15) is 38.7 Å². The van der Waals surface area contributed by atoms with E-state index in [1.165, 1.54) is 5.56 Å². The van der Waals surface area contributed by atoms with Crippen LogP contribution in [0.2, 0.25) is 0 Å². The van der Waals surface area contributed by atoms with E-state index >= 15 is 0 Å². The second-order valence-electron chi connectivity index (χ2n) is 4.47. The maximum absolute atomic E-state index is 11.7. The van der Waals surface area contributed by atoms with Crippen molar-refractivity contribution in [2.75, 3.05) is 6.61 Å². The Kier molecular flexibility index (Phi) is 6.38. The van der Waals surface area contributed by atoms with Gasteiger partial charge in [-0.2, -0.15) is 0 Å². The van der Waals surface area contributed by atoms with Gasteiger partial charge in [-0.25, -0.2) is 0 Å². The van der Waals surface area contributed by atoms with Gasteiger partial charge in [-0.1, -0.05) is 57.0 Å². The Bertz CT molecular complexity index is 319. The molecule has 0 radical (unpaired) electrons. The third-order valence-corrected chi connectivity index (χ3v) is 2.78. The molecule has 0 aliphatic carbocycles. The summed E-state index contributed by atoms with van der Waals surface area (Å²) in [6.07, 6.45) is 4.01. The number of benzene rings is 1. The summed E-state index contributed by atoms with van der Waals surface area (Å²) in [6.45, 7) is 4.63. The van der Waals surface area contributed by atoms with E-state index in [9.17, 15) is 4.79 Å². The van der Waals surface area contributed by atoms with Gasteiger partial charge in [0.1, 0.15) is 0 Å². The average Bonchev–Trinajstić information content (AvgIpc) is 2.35. The standard InChI is InChI=1S/C15H22O2/c1-3-4-8-11-17-15(16)13(2)12-14-9-6-5-7-10-14/h5-7,9-10,13H,3-4,8,11-12H2,1-2H3. The van der Waals surface area contributed by atoms with Crippen LogP contribution in [0.4, 0.5) is 0 Å². The molecule has 0 aliphatic heterocycles. The predicted molar refractivity (Wildman–Crippen MR) is 69.8 cm³/mol. The number of rotatable bonds is 7. The number of unbranched alkanes of at least 4 members (excludes halogenated alkanes) is 2. The highest BCUT2D eigenvalue weighted by Crippen LogP contribution is 2.10. The summed E-state index contributed by atoms with van der Waals surface area (Å²) in [7, 11) is 0. The molecule has 1 unspecified atom stereocenters. The molecule has 0 fully saturated rings. The fourth-order valence-electron chi connectivity index (χ4n) is 1.72. The maximum atomic E-state index is 11.7. The first kappa shape index (κ1) is 13.8. The van der Waals surface area contributed by atoms with Crippen molar-refractivity contribution in [1.29, 1.82) is 0 Å². The molecule has 17 heavy (non-hydrogen) atoms. The van der Waals surface area contributed by atoms with Gasteiger partial charge < -0.3 is 4.74 Å². The molecule has 0 bridgehead atoms. The average molecular weight is 234 g/mol. The van der Waals surface area contributed by atoms with E-state index in [1.54, 1.807) is 0 Å². The number of ether oxygens (including phenoxy) is 1. The zero-order chi connectivity index (χ0) is 12.5. The Balaban J connectivity index is 2.27. The molecular formula is C15H22O2. The molecule has 0 heterocycles. The summed E-state index contributed by atoms with van der Waals surface area (Å²) in [5, 5.41) is 0. The van der Waals surface area contributed by atoms with E-state index in [0.29, 0.717) is 6.61 Å². The molecule has 0 amide bonds. The lowest BCUT2D eigenvalue weighted by Crippen LogP contribution is -2.17. The minimum Gasteiger partial charge on any atom is -0.465 e. The minimum atomic E-state index is -0.0787. The highest BCUT2D eigenvalue weighted by atomic mass is 16.5. The van der Waals surface area contributed by atoms with Gasteiger partial charge in [0.25, 0.3) is 0 Å². The first-order valence-electron chi connectivity index (χ1n) is 6.44. The molecule has 1 atom stereocenters. The summed E-state index contributed by atoms with van der Waals surface area (Å²) >= 11 is 0. The molecule has 2 nitrogen and oxygen atoms in total. The van der Waals surface area contributed by atoms with Crippen LogP contribution in [-0.2, 0) is 16.0 Å². The molecule has 0 aliphatic rings. The zero-order valence-electron chi connectivity index (χ0n) is 10.8. The Morgan fingerprint density at radius 1 is 1.24 bits per heavy atom. The Morgan fingerprint density at radius 2 is 1.94 bits per heavy atom. The monoisotopic (exact) mass is 234 g/mol. The molecule has 0 saturated heterocycles. The van der Waals surface area contributed by atoms with Gasteiger partial charge in [0.05, 0.1) is 12.5 Å². The molecule has 0 spiro atoms. The van der Waals surface area contributed by atoms with Crippen LogP contribution in [0, 0.1) is 5.92 Å². The maximum Gasteiger partial charge on any atom is 0.308 e. The molecule has 0 N–H and O–H groups in total. The Hall–Kier alpha value is -1.31. The highest BCUT2D eigenvalue weighted by molar-refractivity contribution is 5.72. The largest absolute Gasteiger partial charge is 0.465 e. The van der Waals surface area contributed by atoms with Crippen LogP contribution in [-0.4, -0.2) is 12.6 Å². The summed E-state index contributed by atoms with van der Waals surface area (Å²) in [5.74, 6) is -0.135. The summed E-state index contributed by atoms with van der Waals surface area (Å²) < 4.78 is 5.24. The SMILES string of the molecule is CCCCCOC(=O)C(C)Cc1ccccc1. The van der Waals surface area contributed by atoms with Gasteiger partial charge in [-0.15, -0.1) is 0 Å². The predicted octanol–water partition coefficient (Wildman–Crippen LogP) is 3.60. The van der Waals surface area contributed by atoms with Crippen molar-refractivity contribution in [1.82, 2.24) is 0 Å². The number of hydrogen-bond acceptors (Lipinski definition) is 2. The van der Waals surface area contributed by atoms with Crippen molar-refractivity contribution in [3.63, 3.8) is 0 Å². The number of esters is 1. The van der Waals surface area contributed by atoms with Crippen molar-refractivity contribution >= 4 is 5.97 Å². The first-order valence-corrected chi connectivity index (χ1v) is 6.44. The van der Waals surface area contributed by atoms with Crippen molar-refractivity contribution < 1.29 is 9.53 Å². The van der Waals surface area contributed by atoms with E-state index in [-0.39, 0.29) is 11.9 Å². The van der Waals surface area contributed by atoms with Crippen LogP contribution < -0.4 is 0 Å². The van der Waals surface area contributed by atoms with Crippen molar-refractivity contribution in [3.8, 4) is 0 Å². The lowest BCUT2D eigenvalue weighted by atomic mass is 10.0. The van der Waals surface area contributed by atoms with Crippen LogP contribution in [0.25, 0.3) is 0 Å². The van der Waals surface area contributed by atoms with Crippen LogP contribution in [0.5, 0.6) is 0 Å². The molecule has 94 valence electrons. The molecular weight excluding hydrogens is 212 g/mol. The number of carbonyl (C=O) groups is 1. The summed E-state index contributed by atoms with van der Waals surface area (Å²) in [6, 6.07) is 10.1. The van der Waals surface area contributed by atoms with E-state index in [2.05, 4.69) is 6.92 Å². The van der Waals surface area contributed by atoms with Gasteiger partial charge >= 0.3 is 5.97 Å². The van der Waals surface area contributed by atoms with E-state index in [4.69, 9.17) is 4.74 Å². The molecule has 1 rings (SSSR count). The van der Waals surface area contributed by atoms with Gasteiger partial charge in [-0.05, 0) is 18.4 Å². The lowest BCUT2D eigenvalue weighted by molar-refractivity contribution is -0.148. The van der Waals surface area contributed by atoms with Gasteiger partial charge in [0.2, 0.25) is 0 Å². The number of hydrogen-bond donors (Lipinski definition) is 0. The second kappa shape index (κ2) is 7.88. The molecule has 1 aromatic rings. The van der Waals surface area contributed by atoms with Crippen molar-refractivity contribution in [3.05, 3.63) is 35.9 Å². The summed E-state index contributed by atoms with van der Waals surface area (Å²) in [4.78, 5) is 11.7. The Labute approximate surface area is 104 Å². The molecule has 2 heteroatoms. The van der Waals surface area contributed by atoms with Crippen molar-refractivity contribution in [2.45, 2.75) is 39.5 Å². The fraction of sp³-hybridized carbons (Fsp3) is 0.533. The highest BCUT2D eigenvalue weighted by Gasteiger charge is 2.14. The fourth-order valence-corrected chi connectivity index (χ4v) is 1.72. The van der Waals surface area contributed by atoms with Crippen LogP contribution in [0.15, 0.2) is 30.3 Å². The first-order chi connectivity index (χ1) is 8.24. The van der Waals surface area contributed by atoms with Crippen LogP contribution in [0.3, 0.4) is 0 Å². The van der Waals surface area contributed by atoms with Gasteiger partial charge in [-0.3, -0.25) is 4.79 Å². The van der Waals surface area contributed by atoms with Crippen molar-refractivity contribution in [2.24, 2.45) is 5.92 Å². The zero-order valence-corrected chi connectivity index (χ0v) is 10.8. The Morgan fingerprint density at radius 3 is 2.59 bits per heavy atom.